The minimum Gasteiger partial charge on any atom is -0.378 e. The van der Waals surface area contributed by atoms with Crippen molar-refractivity contribution in [3.05, 3.63) is 35.6 Å². The summed E-state index contributed by atoms with van der Waals surface area (Å²) in [6, 6.07) is 7.38. The van der Waals surface area contributed by atoms with Gasteiger partial charge in [-0.25, -0.2) is 4.39 Å². The fourth-order valence-electron chi connectivity index (χ4n) is 2.98. The lowest BCUT2D eigenvalue weighted by Crippen LogP contribution is -2.31. The number of ether oxygens (including phenoxy) is 1. The molecule has 1 heterocycles. The molecule has 2 atom stereocenters. The second kappa shape index (κ2) is 8.38. The molecule has 0 spiro atoms. The smallest absolute Gasteiger partial charge is 0.123 e. The summed E-state index contributed by atoms with van der Waals surface area (Å²) >= 11 is 0. The molecule has 1 aromatic rings. The van der Waals surface area contributed by atoms with Crippen molar-refractivity contribution in [3.63, 3.8) is 0 Å². The Morgan fingerprint density at radius 2 is 2.35 bits per heavy atom. The predicted octanol–water partition coefficient (Wildman–Crippen LogP) is 3.70. The van der Waals surface area contributed by atoms with E-state index in [1.165, 1.54) is 25.3 Å². The Hall–Kier alpha value is -0.930. The van der Waals surface area contributed by atoms with Crippen LogP contribution in [0.4, 0.5) is 4.39 Å². The molecule has 1 aliphatic rings. The highest BCUT2D eigenvalue weighted by molar-refractivity contribution is 5.17. The van der Waals surface area contributed by atoms with E-state index in [0.717, 1.165) is 38.0 Å². The van der Waals surface area contributed by atoms with E-state index in [4.69, 9.17) is 4.74 Å². The van der Waals surface area contributed by atoms with Crippen LogP contribution in [0.2, 0.25) is 0 Å². The molecule has 1 aromatic carbocycles. The molecule has 0 bridgehead atoms. The van der Waals surface area contributed by atoms with Crippen molar-refractivity contribution in [2.45, 2.75) is 57.6 Å². The fourth-order valence-corrected chi connectivity index (χ4v) is 2.98. The van der Waals surface area contributed by atoms with E-state index < -0.39 is 0 Å². The second-order valence-corrected chi connectivity index (χ2v) is 5.65. The summed E-state index contributed by atoms with van der Waals surface area (Å²) in [5.74, 6) is -0.142. The maximum atomic E-state index is 13.2. The van der Waals surface area contributed by atoms with Crippen molar-refractivity contribution in [2.24, 2.45) is 0 Å². The molecule has 2 unspecified atom stereocenters. The summed E-state index contributed by atoms with van der Waals surface area (Å²) in [4.78, 5) is 0. The van der Waals surface area contributed by atoms with Crippen LogP contribution in [0.25, 0.3) is 0 Å². The molecule has 3 heteroatoms. The molecule has 0 aliphatic carbocycles. The van der Waals surface area contributed by atoms with E-state index in [2.05, 4.69) is 12.2 Å². The van der Waals surface area contributed by atoms with Gasteiger partial charge in [0.15, 0.2) is 0 Å². The highest BCUT2D eigenvalue weighted by atomic mass is 19.1. The van der Waals surface area contributed by atoms with Crippen LogP contribution in [0.1, 0.15) is 44.6 Å². The van der Waals surface area contributed by atoms with Crippen molar-refractivity contribution in [1.82, 2.24) is 5.32 Å². The monoisotopic (exact) mass is 279 g/mol. The summed E-state index contributed by atoms with van der Waals surface area (Å²) in [5, 5.41) is 3.51. The van der Waals surface area contributed by atoms with Crippen LogP contribution < -0.4 is 5.32 Å². The maximum absolute atomic E-state index is 13.2. The van der Waals surface area contributed by atoms with Crippen LogP contribution in [0.3, 0.4) is 0 Å². The molecule has 0 saturated carbocycles. The van der Waals surface area contributed by atoms with Gasteiger partial charge in [-0.15, -0.1) is 0 Å². The van der Waals surface area contributed by atoms with Crippen molar-refractivity contribution < 1.29 is 9.13 Å². The first-order valence-electron chi connectivity index (χ1n) is 7.87. The first-order valence-corrected chi connectivity index (χ1v) is 7.87. The highest BCUT2D eigenvalue weighted by Gasteiger charge is 2.16. The molecule has 1 saturated heterocycles. The van der Waals surface area contributed by atoms with Crippen LogP contribution in [0.15, 0.2) is 24.3 Å². The molecular weight excluding hydrogens is 253 g/mol. The van der Waals surface area contributed by atoms with E-state index in [1.807, 2.05) is 6.07 Å². The predicted molar refractivity (Wildman–Crippen MR) is 80.4 cm³/mol. The molecule has 1 fully saturated rings. The summed E-state index contributed by atoms with van der Waals surface area (Å²) in [6.45, 7) is 4.02. The minimum absolute atomic E-state index is 0.142. The van der Waals surface area contributed by atoms with Crippen LogP contribution in [0.5, 0.6) is 0 Å². The van der Waals surface area contributed by atoms with Gasteiger partial charge in [-0.2, -0.15) is 0 Å². The third-order valence-electron chi connectivity index (χ3n) is 3.97. The first kappa shape index (κ1) is 15.5. The normalized spacial score (nSPS) is 20.2. The Morgan fingerprint density at radius 1 is 1.45 bits per heavy atom. The van der Waals surface area contributed by atoms with E-state index in [1.54, 1.807) is 12.1 Å². The van der Waals surface area contributed by atoms with Gasteiger partial charge in [0.25, 0.3) is 0 Å². The average molecular weight is 279 g/mol. The Labute approximate surface area is 121 Å². The zero-order valence-corrected chi connectivity index (χ0v) is 12.4. The van der Waals surface area contributed by atoms with E-state index in [0.29, 0.717) is 12.1 Å². The van der Waals surface area contributed by atoms with Crippen LogP contribution in [-0.4, -0.2) is 25.3 Å². The van der Waals surface area contributed by atoms with Gasteiger partial charge >= 0.3 is 0 Å². The number of rotatable bonds is 8. The van der Waals surface area contributed by atoms with E-state index in [9.17, 15) is 4.39 Å². The van der Waals surface area contributed by atoms with Crippen molar-refractivity contribution >= 4 is 0 Å². The standard InChI is InChI=1S/C17H26FNO/c1-2-19-16(8-4-9-17-10-5-11-20-17)13-14-6-3-7-15(18)12-14/h3,6-7,12,16-17,19H,2,4-5,8-11,13H2,1H3. The SMILES string of the molecule is CCNC(CCCC1CCCO1)Cc1cccc(F)c1. The number of likely N-dealkylation sites (N-methyl/N-ethyl adjacent to an activating group) is 1. The van der Waals surface area contributed by atoms with Gasteiger partial charge in [-0.05, 0) is 62.8 Å². The van der Waals surface area contributed by atoms with Gasteiger partial charge in [-0.3, -0.25) is 0 Å². The number of hydrogen-bond donors (Lipinski definition) is 1. The van der Waals surface area contributed by atoms with Gasteiger partial charge in [0, 0.05) is 12.6 Å². The number of nitrogens with one attached hydrogen (secondary N) is 1. The van der Waals surface area contributed by atoms with Gasteiger partial charge < -0.3 is 10.1 Å². The lowest BCUT2D eigenvalue weighted by Gasteiger charge is -2.19. The third-order valence-corrected chi connectivity index (χ3v) is 3.97. The lowest BCUT2D eigenvalue weighted by atomic mass is 9.99. The summed E-state index contributed by atoms with van der Waals surface area (Å²) < 4.78 is 18.9. The van der Waals surface area contributed by atoms with Gasteiger partial charge in [0.1, 0.15) is 5.82 Å². The summed E-state index contributed by atoms with van der Waals surface area (Å²) in [7, 11) is 0. The molecule has 112 valence electrons. The van der Waals surface area contributed by atoms with Gasteiger partial charge in [-0.1, -0.05) is 19.1 Å². The van der Waals surface area contributed by atoms with Crippen molar-refractivity contribution in [1.29, 1.82) is 0 Å². The molecule has 0 aromatic heterocycles. The number of halogens is 1. The van der Waals surface area contributed by atoms with Crippen LogP contribution >= 0.6 is 0 Å². The highest BCUT2D eigenvalue weighted by Crippen LogP contribution is 2.19. The minimum atomic E-state index is -0.142. The molecule has 0 radical (unpaired) electrons. The van der Waals surface area contributed by atoms with Crippen molar-refractivity contribution in [3.8, 4) is 0 Å². The first-order chi connectivity index (χ1) is 9.78. The third kappa shape index (κ3) is 5.22. The zero-order valence-electron chi connectivity index (χ0n) is 12.4. The summed E-state index contributed by atoms with van der Waals surface area (Å²) in [6.07, 6.45) is 7.27. The molecular formula is C17H26FNO. The molecule has 2 rings (SSSR count). The largest absolute Gasteiger partial charge is 0.378 e. The van der Waals surface area contributed by atoms with Gasteiger partial charge in [0.05, 0.1) is 6.10 Å². The maximum Gasteiger partial charge on any atom is 0.123 e. The molecule has 1 aliphatic heterocycles. The quantitative estimate of drug-likeness (QED) is 0.783. The fraction of sp³-hybridized carbons (Fsp3) is 0.647. The number of benzene rings is 1. The Kier molecular flexibility index (Phi) is 6.48. The van der Waals surface area contributed by atoms with Crippen LogP contribution in [0, 0.1) is 5.82 Å². The Morgan fingerprint density at radius 3 is 3.05 bits per heavy atom. The molecule has 20 heavy (non-hydrogen) atoms. The lowest BCUT2D eigenvalue weighted by molar-refractivity contribution is 0.101. The average Bonchev–Trinajstić information content (AvgIpc) is 2.92. The Bertz CT molecular complexity index is 390. The summed E-state index contributed by atoms with van der Waals surface area (Å²) in [5.41, 5.74) is 1.08. The second-order valence-electron chi connectivity index (χ2n) is 5.65. The molecule has 2 nitrogen and oxygen atoms in total. The van der Waals surface area contributed by atoms with Crippen molar-refractivity contribution in [2.75, 3.05) is 13.2 Å². The van der Waals surface area contributed by atoms with E-state index in [-0.39, 0.29) is 5.82 Å². The molecule has 0 amide bonds. The zero-order chi connectivity index (χ0) is 14.2. The van der Waals surface area contributed by atoms with E-state index >= 15 is 0 Å². The van der Waals surface area contributed by atoms with Gasteiger partial charge in [0.2, 0.25) is 0 Å². The Balaban J connectivity index is 1.77. The number of hydrogen-bond acceptors (Lipinski definition) is 2. The molecule has 1 N–H and O–H groups in total. The van der Waals surface area contributed by atoms with Crippen LogP contribution in [-0.2, 0) is 11.2 Å². The topological polar surface area (TPSA) is 21.3 Å².